The fourth-order valence-electron chi connectivity index (χ4n) is 2.48. The third-order valence-corrected chi connectivity index (χ3v) is 3.63. The molecule has 1 aromatic carbocycles. The zero-order valence-corrected chi connectivity index (χ0v) is 14.9. The molecule has 0 saturated heterocycles. The standard InChI is InChI=1S/C17H28N2O2.ClH/c1-5-19(6-2)16(11-13(3)4)12-21-17(20)14-7-9-15(18)10-8-14;/h7-10,13,16H,5-6,11-12,18H2,1-4H3;1H. The van der Waals surface area contributed by atoms with Crippen LogP contribution in [0.2, 0.25) is 0 Å². The molecule has 0 spiro atoms. The maximum Gasteiger partial charge on any atom is 0.338 e. The number of hydrogen-bond acceptors (Lipinski definition) is 4. The molecule has 0 fully saturated rings. The van der Waals surface area contributed by atoms with Crippen molar-refractivity contribution in [2.24, 2.45) is 5.92 Å². The number of rotatable bonds is 8. The third kappa shape index (κ3) is 6.67. The maximum atomic E-state index is 12.1. The van der Waals surface area contributed by atoms with E-state index < -0.39 is 0 Å². The molecule has 0 amide bonds. The number of halogens is 1. The summed E-state index contributed by atoms with van der Waals surface area (Å²) in [4.78, 5) is 14.4. The predicted octanol–water partition coefficient (Wildman–Crippen LogP) is 3.60. The van der Waals surface area contributed by atoms with Crippen LogP contribution in [-0.4, -0.2) is 36.6 Å². The maximum absolute atomic E-state index is 12.1. The molecule has 126 valence electrons. The number of anilines is 1. The van der Waals surface area contributed by atoms with Gasteiger partial charge in [-0.25, -0.2) is 4.79 Å². The van der Waals surface area contributed by atoms with E-state index in [2.05, 4.69) is 32.6 Å². The van der Waals surface area contributed by atoms with Crippen LogP contribution < -0.4 is 5.73 Å². The topological polar surface area (TPSA) is 55.6 Å². The number of ether oxygens (including phenoxy) is 1. The molecule has 0 aromatic heterocycles. The molecule has 0 heterocycles. The van der Waals surface area contributed by atoms with E-state index in [1.165, 1.54) is 0 Å². The molecule has 1 rings (SSSR count). The normalized spacial score (nSPS) is 12.1. The van der Waals surface area contributed by atoms with Gasteiger partial charge in [0.15, 0.2) is 0 Å². The van der Waals surface area contributed by atoms with Crippen molar-refractivity contribution in [3.05, 3.63) is 29.8 Å². The minimum Gasteiger partial charge on any atom is -0.460 e. The van der Waals surface area contributed by atoms with E-state index in [4.69, 9.17) is 10.5 Å². The first-order valence-electron chi connectivity index (χ1n) is 7.74. The number of nitrogen functional groups attached to an aromatic ring is 1. The largest absolute Gasteiger partial charge is 0.460 e. The van der Waals surface area contributed by atoms with Crippen LogP contribution in [0, 0.1) is 5.92 Å². The fraction of sp³-hybridized carbons (Fsp3) is 0.588. The molecule has 0 bridgehead atoms. The van der Waals surface area contributed by atoms with Crippen LogP contribution in [-0.2, 0) is 4.74 Å². The summed E-state index contributed by atoms with van der Waals surface area (Å²) in [5, 5.41) is 0. The zero-order valence-electron chi connectivity index (χ0n) is 14.0. The van der Waals surface area contributed by atoms with Crippen LogP contribution >= 0.6 is 12.4 Å². The summed E-state index contributed by atoms with van der Waals surface area (Å²) in [6, 6.07) is 7.11. The fourth-order valence-corrected chi connectivity index (χ4v) is 2.48. The number of nitrogens with two attached hydrogens (primary N) is 1. The number of esters is 1. The Morgan fingerprint density at radius 2 is 1.73 bits per heavy atom. The summed E-state index contributed by atoms with van der Waals surface area (Å²) >= 11 is 0. The molecule has 4 nitrogen and oxygen atoms in total. The van der Waals surface area contributed by atoms with Crippen molar-refractivity contribution in [3.8, 4) is 0 Å². The summed E-state index contributed by atoms with van der Waals surface area (Å²) < 4.78 is 5.49. The molecule has 0 saturated carbocycles. The Kier molecular flexibility index (Phi) is 9.86. The highest BCUT2D eigenvalue weighted by Crippen LogP contribution is 2.13. The second-order valence-corrected chi connectivity index (χ2v) is 5.73. The van der Waals surface area contributed by atoms with E-state index in [0.29, 0.717) is 23.8 Å². The van der Waals surface area contributed by atoms with E-state index in [1.54, 1.807) is 24.3 Å². The van der Waals surface area contributed by atoms with Crippen LogP contribution in [0.25, 0.3) is 0 Å². The summed E-state index contributed by atoms with van der Waals surface area (Å²) in [5.74, 6) is 0.293. The van der Waals surface area contributed by atoms with Gasteiger partial charge in [-0.05, 0) is 49.7 Å². The van der Waals surface area contributed by atoms with Gasteiger partial charge in [0, 0.05) is 11.7 Å². The van der Waals surface area contributed by atoms with Crippen LogP contribution in [0.15, 0.2) is 24.3 Å². The quantitative estimate of drug-likeness (QED) is 0.585. The molecule has 5 heteroatoms. The monoisotopic (exact) mass is 328 g/mol. The molecule has 1 aromatic rings. The molecule has 0 aliphatic rings. The lowest BCUT2D eigenvalue weighted by Crippen LogP contribution is -2.40. The van der Waals surface area contributed by atoms with Gasteiger partial charge < -0.3 is 10.5 Å². The van der Waals surface area contributed by atoms with Gasteiger partial charge in [0.05, 0.1) is 5.56 Å². The van der Waals surface area contributed by atoms with Crippen LogP contribution in [0.4, 0.5) is 5.69 Å². The third-order valence-electron chi connectivity index (χ3n) is 3.63. The van der Waals surface area contributed by atoms with Crippen molar-refractivity contribution in [1.29, 1.82) is 0 Å². The second-order valence-electron chi connectivity index (χ2n) is 5.73. The van der Waals surface area contributed by atoms with Gasteiger partial charge in [0.25, 0.3) is 0 Å². The molecule has 1 unspecified atom stereocenters. The van der Waals surface area contributed by atoms with Crippen molar-refractivity contribution in [2.75, 3.05) is 25.4 Å². The molecule has 22 heavy (non-hydrogen) atoms. The number of hydrogen-bond donors (Lipinski definition) is 1. The predicted molar refractivity (Wildman–Crippen MR) is 94.5 cm³/mol. The van der Waals surface area contributed by atoms with E-state index in [9.17, 15) is 4.79 Å². The van der Waals surface area contributed by atoms with Crippen LogP contribution in [0.1, 0.15) is 44.5 Å². The number of benzene rings is 1. The van der Waals surface area contributed by atoms with Gasteiger partial charge in [0.2, 0.25) is 0 Å². The molecule has 0 radical (unpaired) electrons. The second kappa shape index (κ2) is 10.5. The highest BCUT2D eigenvalue weighted by atomic mass is 35.5. The minimum absolute atomic E-state index is 0. The lowest BCUT2D eigenvalue weighted by Gasteiger charge is -2.30. The van der Waals surface area contributed by atoms with Crippen molar-refractivity contribution in [1.82, 2.24) is 4.90 Å². The number of nitrogens with zero attached hydrogens (tertiary/aromatic N) is 1. The van der Waals surface area contributed by atoms with Crippen LogP contribution in [0.5, 0.6) is 0 Å². The first-order chi connectivity index (χ1) is 9.97. The van der Waals surface area contributed by atoms with Gasteiger partial charge in [-0.1, -0.05) is 27.7 Å². The van der Waals surface area contributed by atoms with Gasteiger partial charge in [-0.15, -0.1) is 12.4 Å². The summed E-state index contributed by atoms with van der Waals surface area (Å²) in [6.07, 6.45) is 1.02. The molecule has 2 N–H and O–H groups in total. The molecular formula is C17H29ClN2O2. The summed E-state index contributed by atoms with van der Waals surface area (Å²) in [6.45, 7) is 11.0. The molecule has 0 aliphatic carbocycles. The lowest BCUT2D eigenvalue weighted by atomic mass is 10.0. The average Bonchev–Trinajstić information content (AvgIpc) is 2.45. The van der Waals surface area contributed by atoms with Gasteiger partial charge in [0.1, 0.15) is 6.61 Å². The first-order valence-corrected chi connectivity index (χ1v) is 7.74. The van der Waals surface area contributed by atoms with E-state index in [1.807, 2.05) is 0 Å². The van der Waals surface area contributed by atoms with Crippen molar-refractivity contribution >= 4 is 24.1 Å². The molecule has 0 aliphatic heterocycles. The van der Waals surface area contributed by atoms with E-state index in [-0.39, 0.29) is 24.4 Å². The van der Waals surface area contributed by atoms with Gasteiger partial charge >= 0.3 is 5.97 Å². The molecule has 1 atom stereocenters. The Hall–Kier alpha value is -1.26. The van der Waals surface area contributed by atoms with Gasteiger partial charge in [-0.2, -0.15) is 0 Å². The van der Waals surface area contributed by atoms with E-state index >= 15 is 0 Å². The van der Waals surface area contributed by atoms with Crippen molar-refractivity contribution in [3.63, 3.8) is 0 Å². The Labute approximate surface area is 140 Å². The van der Waals surface area contributed by atoms with Crippen molar-refractivity contribution in [2.45, 2.75) is 40.2 Å². The lowest BCUT2D eigenvalue weighted by molar-refractivity contribution is 0.0331. The molecular weight excluding hydrogens is 300 g/mol. The minimum atomic E-state index is -0.282. The van der Waals surface area contributed by atoms with E-state index in [0.717, 1.165) is 19.5 Å². The number of carbonyl (C=O) groups excluding carboxylic acids is 1. The summed E-state index contributed by atoms with van der Waals surface area (Å²) in [5.41, 5.74) is 6.81. The van der Waals surface area contributed by atoms with Gasteiger partial charge in [-0.3, -0.25) is 4.90 Å². The van der Waals surface area contributed by atoms with Crippen LogP contribution in [0.3, 0.4) is 0 Å². The highest BCUT2D eigenvalue weighted by molar-refractivity contribution is 5.89. The zero-order chi connectivity index (χ0) is 15.8. The van der Waals surface area contributed by atoms with Crippen molar-refractivity contribution < 1.29 is 9.53 Å². The Morgan fingerprint density at radius 3 is 2.18 bits per heavy atom. The smallest absolute Gasteiger partial charge is 0.338 e. The Morgan fingerprint density at radius 1 is 1.18 bits per heavy atom. The Balaban J connectivity index is 0.00000441. The first kappa shape index (κ1) is 20.7. The SMILES string of the molecule is CCN(CC)C(COC(=O)c1ccc(N)cc1)CC(C)C.Cl. The number of likely N-dealkylation sites (N-methyl/N-ethyl adjacent to an activating group) is 1. The number of carbonyl (C=O) groups is 1. The highest BCUT2D eigenvalue weighted by Gasteiger charge is 2.19. The average molecular weight is 329 g/mol. The summed E-state index contributed by atoms with van der Waals surface area (Å²) in [7, 11) is 0. The Bertz CT molecular complexity index is 431.